The van der Waals surface area contributed by atoms with Gasteiger partial charge in [-0.15, -0.1) is 0 Å². The third-order valence-electron chi connectivity index (χ3n) is 5.19. The van der Waals surface area contributed by atoms with Crippen molar-refractivity contribution >= 4 is 28.3 Å². The normalized spacial score (nSPS) is 10.8. The second-order valence-electron chi connectivity index (χ2n) is 7.26. The van der Waals surface area contributed by atoms with E-state index < -0.39 is 10.8 Å². The van der Waals surface area contributed by atoms with E-state index in [0.29, 0.717) is 27.8 Å². The van der Waals surface area contributed by atoms with Gasteiger partial charge in [0.05, 0.1) is 16.0 Å². The zero-order valence-corrected chi connectivity index (χ0v) is 17.0. The van der Waals surface area contributed by atoms with Crippen LogP contribution in [-0.4, -0.2) is 15.4 Å². The van der Waals surface area contributed by atoms with Gasteiger partial charge >= 0.3 is 0 Å². The summed E-state index contributed by atoms with van der Waals surface area (Å²) in [5.41, 5.74) is 2.73. The van der Waals surface area contributed by atoms with E-state index in [1.54, 1.807) is 23.7 Å². The minimum absolute atomic E-state index is 0.102. The van der Waals surface area contributed by atoms with Crippen LogP contribution in [0.5, 0.6) is 0 Å². The molecule has 1 amide bonds. The van der Waals surface area contributed by atoms with E-state index >= 15 is 0 Å². The number of rotatable bonds is 4. The summed E-state index contributed by atoms with van der Waals surface area (Å²) in [6.07, 6.45) is 0. The Labute approximate surface area is 177 Å². The van der Waals surface area contributed by atoms with E-state index in [0.717, 1.165) is 5.56 Å². The molecule has 0 aliphatic rings. The summed E-state index contributed by atoms with van der Waals surface area (Å²) in [4.78, 5) is 36.7. The Hall–Kier alpha value is -4.26. The largest absolute Gasteiger partial charge is 0.330 e. The summed E-state index contributed by atoms with van der Waals surface area (Å²) < 4.78 is 1.78. The number of hydrogen-bond acceptors (Lipinski definition) is 4. The molecule has 0 radical (unpaired) electrons. The number of aromatic nitrogens is 1. The standard InChI is InChI=1S/C24H19N3O4/c1-15-6-5-7-17(14-15)21-22(28)19-8-3-4-9-20(19)26(2)23(21)25-24(29)16-10-12-18(13-11-16)27(30)31/h3-14H,1-2H3,(H,25,29). The van der Waals surface area contributed by atoms with Crippen molar-refractivity contribution in [2.75, 3.05) is 5.32 Å². The van der Waals surface area contributed by atoms with Crippen LogP contribution in [-0.2, 0) is 7.05 Å². The van der Waals surface area contributed by atoms with Crippen LogP contribution in [0.25, 0.3) is 22.0 Å². The first-order chi connectivity index (χ1) is 14.9. The van der Waals surface area contributed by atoms with E-state index in [1.165, 1.54) is 24.3 Å². The number of nitro groups is 1. The molecule has 7 heteroatoms. The second kappa shape index (κ2) is 7.87. The lowest BCUT2D eigenvalue weighted by atomic mass is 10.0. The van der Waals surface area contributed by atoms with Crippen molar-refractivity contribution in [3.8, 4) is 11.1 Å². The molecule has 0 unspecified atom stereocenters. The number of anilines is 1. The number of amides is 1. The number of benzene rings is 3. The van der Waals surface area contributed by atoms with Crippen LogP contribution < -0.4 is 10.7 Å². The smallest absolute Gasteiger partial charge is 0.269 e. The quantitative estimate of drug-likeness (QED) is 0.388. The molecule has 0 bridgehead atoms. The van der Waals surface area contributed by atoms with Gasteiger partial charge < -0.3 is 9.88 Å². The summed E-state index contributed by atoms with van der Waals surface area (Å²) >= 11 is 0. The van der Waals surface area contributed by atoms with Crippen LogP contribution in [0.1, 0.15) is 15.9 Å². The molecule has 4 aromatic rings. The molecule has 0 aliphatic heterocycles. The third kappa shape index (κ3) is 3.69. The monoisotopic (exact) mass is 413 g/mol. The molecule has 7 nitrogen and oxygen atoms in total. The summed E-state index contributed by atoms with van der Waals surface area (Å²) in [7, 11) is 1.78. The van der Waals surface area contributed by atoms with E-state index in [-0.39, 0.29) is 16.7 Å². The molecule has 0 atom stereocenters. The van der Waals surface area contributed by atoms with Crippen molar-refractivity contribution in [2.24, 2.45) is 7.05 Å². The maximum Gasteiger partial charge on any atom is 0.269 e. The molecule has 0 saturated heterocycles. The maximum atomic E-state index is 13.4. The lowest BCUT2D eigenvalue weighted by Gasteiger charge is -2.18. The molecule has 3 aromatic carbocycles. The fourth-order valence-corrected chi connectivity index (χ4v) is 3.62. The fourth-order valence-electron chi connectivity index (χ4n) is 3.62. The van der Waals surface area contributed by atoms with E-state index in [4.69, 9.17) is 0 Å². The van der Waals surface area contributed by atoms with Gasteiger partial charge in [0.2, 0.25) is 0 Å². The van der Waals surface area contributed by atoms with Crippen molar-refractivity contribution in [3.05, 3.63) is 104 Å². The van der Waals surface area contributed by atoms with Crippen molar-refractivity contribution in [1.82, 2.24) is 4.57 Å². The molecule has 1 heterocycles. The Kier molecular flexibility index (Phi) is 5.09. The predicted octanol–water partition coefficient (Wildman–Crippen LogP) is 4.67. The number of non-ortho nitro benzene ring substituents is 1. The third-order valence-corrected chi connectivity index (χ3v) is 5.19. The van der Waals surface area contributed by atoms with E-state index in [9.17, 15) is 19.7 Å². The van der Waals surface area contributed by atoms with Crippen molar-refractivity contribution < 1.29 is 9.72 Å². The van der Waals surface area contributed by atoms with Crippen LogP contribution >= 0.6 is 0 Å². The number of nitro benzene ring substituents is 1. The minimum atomic E-state index is -0.523. The van der Waals surface area contributed by atoms with Crippen LogP contribution in [0.2, 0.25) is 0 Å². The molecule has 1 N–H and O–H groups in total. The van der Waals surface area contributed by atoms with Gasteiger partial charge in [-0.05, 0) is 36.8 Å². The Morgan fingerprint density at radius 3 is 2.39 bits per heavy atom. The summed E-state index contributed by atoms with van der Waals surface area (Å²) in [6.45, 7) is 1.93. The molecular weight excluding hydrogens is 394 g/mol. The van der Waals surface area contributed by atoms with Gasteiger partial charge in [0.25, 0.3) is 11.6 Å². The van der Waals surface area contributed by atoms with E-state index in [1.807, 2.05) is 43.3 Å². The van der Waals surface area contributed by atoms with Crippen LogP contribution in [0.4, 0.5) is 11.5 Å². The molecule has 154 valence electrons. The van der Waals surface area contributed by atoms with Crippen molar-refractivity contribution in [2.45, 2.75) is 6.92 Å². The topological polar surface area (TPSA) is 94.2 Å². The van der Waals surface area contributed by atoms with E-state index in [2.05, 4.69) is 5.32 Å². The molecule has 1 aromatic heterocycles. The number of pyridine rings is 1. The second-order valence-corrected chi connectivity index (χ2v) is 7.26. The van der Waals surface area contributed by atoms with Crippen LogP contribution in [0, 0.1) is 17.0 Å². The molecule has 0 saturated carbocycles. The highest BCUT2D eigenvalue weighted by atomic mass is 16.6. The molecular formula is C24H19N3O4. The maximum absolute atomic E-state index is 13.4. The van der Waals surface area contributed by atoms with Crippen LogP contribution in [0.3, 0.4) is 0 Å². The molecule has 0 spiro atoms. The molecule has 4 rings (SSSR count). The number of carbonyl (C=O) groups is 1. The van der Waals surface area contributed by atoms with Crippen molar-refractivity contribution in [1.29, 1.82) is 0 Å². The number of nitrogens with one attached hydrogen (secondary N) is 1. The fraction of sp³-hybridized carbons (Fsp3) is 0.0833. The first kappa shape index (κ1) is 20.0. The van der Waals surface area contributed by atoms with Gasteiger partial charge in [0.15, 0.2) is 5.43 Å². The number of para-hydroxylation sites is 1. The number of fused-ring (bicyclic) bond motifs is 1. The van der Waals surface area contributed by atoms with Gasteiger partial charge in [0.1, 0.15) is 5.82 Å². The van der Waals surface area contributed by atoms with Crippen LogP contribution in [0.15, 0.2) is 77.6 Å². The lowest BCUT2D eigenvalue weighted by molar-refractivity contribution is -0.384. The van der Waals surface area contributed by atoms with Gasteiger partial charge in [-0.2, -0.15) is 0 Å². The highest BCUT2D eigenvalue weighted by Crippen LogP contribution is 2.29. The number of hydrogen-bond donors (Lipinski definition) is 1. The van der Waals surface area contributed by atoms with Gasteiger partial charge in [-0.1, -0.05) is 42.0 Å². The van der Waals surface area contributed by atoms with Gasteiger partial charge in [0, 0.05) is 30.1 Å². The lowest BCUT2D eigenvalue weighted by Crippen LogP contribution is -2.21. The minimum Gasteiger partial charge on any atom is -0.330 e. The highest BCUT2D eigenvalue weighted by molar-refractivity contribution is 6.07. The zero-order valence-electron chi connectivity index (χ0n) is 17.0. The summed E-state index contributed by atoms with van der Waals surface area (Å²) in [6, 6.07) is 20.1. The Bertz CT molecular complexity index is 1390. The first-order valence-corrected chi connectivity index (χ1v) is 9.61. The molecule has 31 heavy (non-hydrogen) atoms. The van der Waals surface area contributed by atoms with Gasteiger partial charge in [-0.3, -0.25) is 19.7 Å². The average molecular weight is 413 g/mol. The Morgan fingerprint density at radius 1 is 1.00 bits per heavy atom. The van der Waals surface area contributed by atoms with Crippen molar-refractivity contribution in [3.63, 3.8) is 0 Å². The number of aryl methyl sites for hydroxylation is 2. The molecule has 0 fully saturated rings. The highest BCUT2D eigenvalue weighted by Gasteiger charge is 2.20. The molecule has 0 aliphatic carbocycles. The van der Waals surface area contributed by atoms with Gasteiger partial charge in [-0.25, -0.2) is 0 Å². The Balaban J connectivity index is 1.89. The average Bonchev–Trinajstić information content (AvgIpc) is 2.77. The zero-order chi connectivity index (χ0) is 22.1. The Morgan fingerprint density at radius 2 is 1.71 bits per heavy atom. The first-order valence-electron chi connectivity index (χ1n) is 9.61. The summed E-state index contributed by atoms with van der Waals surface area (Å²) in [5, 5.41) is 14.3. The number of carbonyl (C=O) groups excluding carboxylic acids is 1. The predicted molar refractivity (Wildman–Crippen MR) is 120 cm³/mol. The number of nitrogens with zero attached hydrogens (tertiary/aromatic N) is 2. The SMILES string of the molecule is Cc1cccc(-c2c(NC(=O)c3ccc([N+](=O)[O-])cc3)n(C)c3ccccc3c2=O)c1. The summed E-state index contributed by atoms with van der Waals surface area (Å²) in [5.74, 6) is -0.105.